The molecule has 9 N–H and O–H groups in total. The van der Waals surface area contributed by atoms with E-state index < -0.39 is 75.2 Å². The van der Waals surface area contributed by atoms with Gasteiger partial charge in [-0.05, 0) is 38.5 Å². The lowest BCUT2D eigenvalue weighted by molar-refractivity contribution is -0.220. The Morgan fingerprint density at radius 3 is 1.45 bits per heavy atom. The van der Waals surface area contributed by atoms with E-state index in [0.29, 0.717) is 19.3 Å². The lowest BCUT2D eigenvalue weighted by atomic mass is 9.85. The Balaban J connectivity index is 2.54. The van der Waals surface area contributed by atoms with Crippen molar-refractivity contribution >= 4 is 13.7 Å². The third-order valence-corrected chi connectivity index (χ3v) is 12.4. The molecule has 1 amide bonds. The smallest absolute Gasteiger partial charge is 0.393 e. The summed E-state index contributed by atoms with van der Waals surface area (Å²) >= 11 is 0. The molecule has 8 atom stereocenters. The normalized spacial score (nSPS) is 23.8. The van der Waals surface area contributed by atoms with Gasteiger partial charge in [-0.3, -0.25) is 13.8 Å². The minimum atomic E-state index is -5.12. The number of carbonyl (C=O) groups is 1. The van der Waals surface area contributed by atoms with Crippen LogP contribution in [0.4, 0.5) is 0 Å². The maximum atomic E-state index is 13.0. The molecule has 0 bridgehead atoms. The molecule has 0 aliphatic heterocycles. The van der Waals surface area contributed by atoms with E-state index in [1.807, 2.05) is 0 Å². The first kappa shape index (κ1) is 55.1. The molecule has 1 saturated carbocycles. The molecular formula is C44H86NO12P. The quantitative estimate of drug-likeness (QED) is 0.0168. The number of aliphatic hydroxyl groups excluding tert-OH is 7. The zero-order valence-corrected chi connectivity index (χ0v) is 37.1. The summed E-state index contributed by atoms with van der Waals surface area (Å²) in [6.45, 7) is 3.76. The van der Waals surface area contributed by atoms with Crippen LogP contribution < -0.4 is 5.32 Å². The molecule has 58 heavy (non-hydrogen) atoms. The maximum Gasteiger partial charge on any atom is 0.472 e. The lowest BCUT2D eigenvalue weighted by Crippen LogP contribution is -2.64. The molecular weight excluding hydrogens is 765 g/mol. The zero-order chi connectivity index (χ0) is 43.0. The van der Waals surface area contributed by atoms with Crippen molar-refractivity contribution in [2.75, 3.05) is 6.61 Å². The third kappa shape index (κ3) is 26.4. The number of phosphoric ester groups is 1. The van der Waals surface area contributed by atoms with Gasteiger partial charge < -0.3 is 46.0 Å². The molecule has 1 rings (SSSR count). The topological polar surface area (TPSA) is 226 Å². The molecule has 0 radical (unpaired) electrons. The van der Waals surface area contributed by atoms with Crippen molar-refractivity contribution in [2.24, 2.45) is 0 Å². The van der Waals surface area contributed by atoms with Gasteiger partial charge in [0.2, 0.25) is 5.91 Å². The summed E-state index contributed by atoms with van der Waals surface area (Å²) in [5.41, 5.74) is 0. The molecule has 0 heterocycles. The molecule has 0 saturated heterocycles. The van der Waals surface area contributed by atoms with Gasteiger partial charge in [-0.1, -0.05) is 167 Å². The van der Waals surface area contributed by atoms with Crippen LogP contribution in [0.15, 0.2) is 12.2 Å². The van der Waals surface area contributed by atoms with Crippen molar-refractivity contribution < 1.29 is 59.0 Å². The van der Waals surface area contributed by atoms with Crippen LogP contribution in [0.3, 0.4) is 0 Å². The van der Waals surface area contributed by atoms with Crippen LogP contribution in [0.25, 0.3) is 0 Å². The average molecular weight is 852 g/mol. The van der Waals surface area contributed by atoms with E-state index in [1.54, 1.807) is 0 Å². The predicted molar refractivity (Wildman–Crippen MR) is 229 cm³/mol. The minimum absolute atomic E-state index is 0.240. The highest BCUT2D eigenvalue weighted by molar-refractivity contribution is 7.47. The fourth-order valence-corrected chi connectivity index (χ4v) is 8.51. The van der Waals surface area contributed by atoms with E-state index in [1.165, 1.54) is 109 Å². The molecule has 8 unspecified atom stereocenters. The van der Waals surface area contributed by atoms with Gasteiger partial charge in [0.15, 0.2) is 0 Å². The van der Waals surface area contributed by atoms with Gasteiger partial charge in [0.05, 0.1) is 31.3 Å². The van der Waals surface area contributed by atoms with Crippen molar-refractivity contribution in [3.63, 3.8) is 0 Å². The molecule has 14 heteroatoms. The van der Waals surface area contributed by atoms with Gasteiger partial charge in [0.25, 0.3) is 0 Å². The van der Waals surface area contributed by atoms with Gasteiger partial charge in [-0.15, -0.1) is 0 Å². The van der Waals surface area contributed by atoms with Crippen molar-refractivity contribution in [1.82, 2.24) is 5.32 Å². The van der Waals surface area contributed by atoms with Crippen molar-refractivity contribution in [2.45, 2.75) is 255 Å². The highest BCUT2D eigenvalue weighted by Gasteiger charge is 2.51. The van der Waals surface area contributed by atoms with Gasteiger partial charge in [-0.25, -0.2) is 4.57 Å². The number of aliphatic hydroxyl groups is 7. The Morgan fingerprint density at radius 1 is 0.586 bits per heavy atom. The second-order valence-electron chi connectivity index (χ2n) is 16.8. The number of carbonyl (C=O) groups excluding carboxylic acids is 1. The predicted octanol–water partition coefficient (Wildman–Crippen LogP) is 7.42. The van der Waals surface area contributed by atoms with E-state index in [4.69, 9.17) is 9.05 Å². The fraction of sp³-hybridized carbons (Fsp3) is 0.932. The standard InChI is InChI=1S/C44H86NO12P/c1-3-5-7-9-11-13-15-16-17-18-19-20-22-24-26-28-30-32-37(47)36(34-56-58(54,55)57-44-42(52)40(50)39(49)41(51)43(44)53)45-38(48)33-35(46)31-29-27-25-23-21-14-12-10-8-6-4-2/h23,25,35-37,39-44,46-47,49-53H,3-22,24,26-34H2,1-2H3,(H,45,48)(H,54,55)/b25-23-. The number of hydrogen-bond acceptors (Lipinski definition) is 11. The molecule has 1 aliphatic carbocycles. The van der Waals surface area contributed by atoms with Gasteiger partial charge in [-0.2, -0.15) is 0 Å². The SMILES string of the molecule is CCCCCCCC/C=C\CCCC(O)CC(=O)NC(COP(=O)(O)OC1C(O)C(O)C(O)C(O)C1O)C(O)CCCCCCCCCCCCCCCCCCC. The first-order valence-corrected chi connectivity index (χ1v) is 24.7. The van der Waals surface area contributed by atoms with Crippen LogP contribution in [0.5, 0.6) is 0 Å². The van der Waals surface area contributed by atoms with E-state index in [9.17, 15) is 50.0 Å². The largest absolute Gasteiger partial charge is 0.472 e. The van der Waals surface area contributed by atoms with E-state index >= 15 is 0 Å². The van der Waals surface area contributed by atoms with Crippen molar-refractivity contribution in [3.8, 4) is 0 Å². The number of allylic oxidation sites excluding steroid dienone is 2. The van der Waals surface area contributed by atoms with Gasteiger partial charge in [0, 0.05) is 0 Å². The van der Waals surface area contributed by atoms with Crippen LogP contribution in [0, 0.1) is 0 Å². The van der Waals surface area contributed by atoms with E-state index in [0.717, 1.165) is 44.9 Å². The third-order valence-electron chi connectivity index (χ3n) is 11.4. The first-order valence-electron chi connectivity index (χ1n) is 23.2. The molecule has 0 spiro atoms. The van der Waals surface area contributed by atoms with Gasteiger partial charge in [0.1, 0.15) is 36.6 Å². The van der Waals surface area contributed by atoms with Crippen LogP contribution in [0.2, 0.25) is 0 Å². The number of amides is 1. The molecule has 344 valence electrons. The highest BCUT2D eigenvalue weighted by atomic mass is 31.2. The van der Waals surface area contributed by atoms with Crippen LogP contribution in [-0.4, -0.2) is 108 Å². The van der Waals surface area contributed by atoms with E-state index in [2.05, 4.69) is 31.3 Å². The number of hydrogen-bond donors (Lipinski definition) is 9. The molecule has 1 aliphatic rings. The maximum absolute atomic E-state index is 13.0. The van der Waals surface area contributed by atoms with Crippen LogP contribution >= 0.6 is 7.82 Å². The monoisotopic (exact) mass is 852 g/mol. The summed E-state index contributed by atoms with van der Waals surface area (Å²) in [7, 11) is -5.12. The Kier molecular flexibility index (Phi) is 32.9. The number of phosphoric acid groups is 1. The lowest BCUT2D eigenvalue weighted by Gasteiger charge is -2.41. The molecule has 1 fully saturated rings. The molecule has 13 nitrogen and oxygen atoms in total. The Hall–Kier alpha value is -0.960. The average Bonchev–Trinajstić information content (AvgIpc) is 3.19. The molecule has 0 aromatic heterocycles. The molecule has 0 aromatic carbocycles. The van der Waals surface area contributed by atoms with Crippen molar-refractivity contribution in [3.05, 3.63) is 12.2 Å². The Morgan fingerprint density at radius 2 is 0.983 bits per heavy atom. The number of nitrogens with one attached hydrogen (secondary N) is 1. The van der Waals surface area contributed by atoms with Crippen LogP contribution in [-0.2, 0) is 18.4 Å². The van der Waals surface area contributed by atoms with Crippen molar-refractivity contribution in [1.29, 1.82) is 0 Å². The minimum Gasteiger partial charge on any atom is -0.393 e. The second kappa shape index (κ2) is 34.6. The summed E-state index contributed by atoms with van der Waals surface area (Å²) in [6, 6.07) is -1.16. The summed E-state index contributed by atoms with van der Waals surface area (Å²) in [6.07, 6.45) is 21.2. The summed E-state index contributed by atoms with van der Waals surface area (Å²) in [5.74, 6) is -0.576. The number of unbranched alkanes of at least 4 members (excludes halogenated alkanes) is 23. The molecule has 0 aromatic rings. The Bertz CT molecular complexity index is 1050. The van der Waals surface area contributed by atoms with E-state index in [-0.39, 0.29) is 12.8 Å². The van der Waals surface area contributed by atoms with Gasteiger partial charge >= 0.3 is 7.82 Å². The second-order valence-corrected chi connectivity index (χ2v) is 18.2. The first-order chi connectivity index (χ1) is 27.8. The fourth-order valence-electron chi connectivity index (χ4n) is 7.54. The number of rotatable bonds is 38. The van der Waals surface area contributed by atoms with Crippen LogP contribution in [0.1, 0.15) is 200 Å². The zero-order valence-electron chi connectivity index (χ0n) is 36.2. The summed E-state index contributed by atoms with van der Waals surface area (Å²) < 4.78 is 22.9. The summed E-state index contributed by atoms with van der Waals surface area (Å²) in [5, 5.41) is 74.5. The highest BCUT2D eigenvalue weighted by Crippen LogP contribution is 2.47. The Labute approximate surface area is 351 Å². The summed E-state index contributed by atoms with van der Waals surface area (Å²) in [4.78, 5) is 23.4.